The molecule has 1 aromatic carbocycles. The molecule has 0 aliphatic carbocycles. The van der Waals surface area contributed by atoms with Gasteiger partial charge in [-0.3, -0.25) is 0 Å². The first kappa shape index (κ1) is 13.0. The molecule has 1 N–H and O–H groups in total. The molecule has 0 aromatic heterocycles. The monoisotopic (exact) mass is 217 g/mol. The fraction of sp³-hybridized carbons (Fsp3) is 0.467. The van der Waals surface area contributed by atoms with Crippen LogP contribution in [0.1, 0.15) is 37.7 Å². The van der Waals surface area contributed by atoms with E-state index in [1.807, 2.05) is 6.08 Å². The van der Waals surface area contributed by atoms with Crippen molar-refractivity contribution >= 4 is 0 Å². The van der Waals surface area contributed by atoms with Crippen molar-refractivity contribution in [3.05, 3.63) is 48.6 Å². The summed E-state index contributed by atoms with van der Waals surface area (Å²) in [6.07, 6.45) is 5.50. The molecule has 1 heteroatoms. The van der Waals surface area contributed by atoms with Gasteiger partial charge in [-0.25, -0.2) is 0 Å². The van der Waals surface area contributed by atoms with Crippen molar-refractivity contribution in [1.29, 1.82) is 0 Å². The molecule has 0 aliphatic rings. The SMILES string of the molecule is C=CCCCNCCC(C)c1ccccc1. The number of allylic oxidation sites excluding steroid dienone is 1. The first-order valence-corrected chi connectivity index (χ1v) is 6.21. The lowest BCUT2D eigenvalue weighted by Gasteiger charge is -2.12. The van der Waals surface area contributed by atoms with Crippen molar-refractivity contribution in [2.45, 2.75) is 32.1 Å². The Morgan fingerprint density at radius 3 is 2.69 bits per heavy atom. The third kappa shape index (κ3) is 5.13. The van der Waals surface area contributed by atoms with Crippen LogP contribution in [0, 0.1) is 0 Å². The van der Waals surface area contributed by atoms with E-state index in [-0.39, 0.29) is 0 Å². The van der Waals surface area contributed by atoms with E-state index in [0.717, 1.165) is 19.5 Å². The lowest BCUT2D eigenvalue weighted by Crippen LogP contribution is -2.18. The van der Waals surface area contributed by atoms with Gasteiger partial charge in [0.2, 0.25) is 0 Å². The van der Waals surface area contributed by atoms with Crippen LogP contribution in [0.5, 0.6) is 0 Å². The van der Waals surface area contributed by atoms with Crippen LogP contribution < -0.4 is 5.32 Å². The minimum absolute atomic E-state index is 0.646. The van der Waals surface area contributed by atoms with Crippen molar-refractivity contribution in [2.75, 3.05) is 13.1 Å². The molecule has 1 aromatic rings. The molecule has 0 amide bonds. The summed E-state index contributed by atoms with van der Waals surface area (Å²) in [6, 6.07) is 10.7. The van der Waals surface area contributed by atoms with Crippen molar-refractivity contribution in [2.24, 2.45) is 0 Å². The number of unbranched alkanes of at least 4 members (excludes halogenated alkanes) is 1. The predicted octanol–water partition coefficient (Wildman–Crippen LogP) is 3.74. The van der Waals surface area contributed by atoms with E-state index in [4.69, 9.17) is 0 Å². The van der Waals surface area contributed by atoms with Crippen molar-refractivity contribution in [3.63, 3.8) is 0 Å². The minimum atomic E-state index is 0.646. The zero-order valence-corrected chi connectivity index (χ0v) is 10.3. The summed E-state index contributed by atoms with van der Waals surface area (Å²) >= 11 is 0. The molecule has 0 bridgehead atoms. The molecular formula is C15H23N. The Kier molecular flexibility index (Phi) is 6.59. The molecule has 0 fully saturated rings. The van der Waals surface area contributed by atoms with Crippen LogP contribution in [0.25, 0.3) is 0 Å². The summed E-state index contributed by atoms with van der Waals surface area (Å²) in [5.41, 5.74) is 1.44. The lowest BCUT2D eigenvalue weighted by molar-refractivity contribution is 0.583. The van der Waals surface area contributed by atoms with E-state index in [1.165, 1.54) is 18.4 Å². The van der Waals surface area contributed by atoms with Crippen LogP contribution in [0.2, 0.25) is 0 Å². The Balaban J connectivity index is 2.11. The molecule has 0 spiro atoms. The van der Waals surface area contributed by atoms with Gasteiger partial charge in [0.25, 0.3) is 0 Å². The number of rotatable bonds is 8. The third-order valence-electron chi connectivity index (χ3n) is 2.88. The Labute approximate surface area is 99.6 Å². The smallest absolute Gasteiger partial charge is 0.00432 e. The van der Waals surface area contributed by atoms with Gasteiger partial charge in [-0.2, -0.15) is 0 Å². The Morgan fingerprint density at radius 1 is 1.25 bits per heavy atom. The van der Waals surface area contributed by atoms with Crippen LogP contribution in [0.4, 0.5) is 0 Å². The average Bonchev–Trinajstić information content (AvgIpc) is 2.34. The second-order valence-corrected chi connectivity index (χ2v) is 4.28. The molecule has 88 valence electrons. The number of nitrogens with one attached hydrogen (secondary N) is 1. The first-order chi connectivity index (χ1) is 7.84. The summed E-state index contributed by atoms with van der Waals surface area (Å²) in [5.74, 6) is 0.646. The highest BCUT2D eigenvalue weighted by molar-refractivity contribution is 5.18. The first-order valence-electron chi connectivity index (χ1n) is 6.21. The van der Waals surface area contributed by atoms with Crippen LogP contribution in [-0.4, -0.2) is 13.1 Å². The molecule has 0 heterocycles. The van der Waals surface area contributed by atoms with Crippen LogP contribution in [-0.2, 0) is 0 Å². The van der Waals surface area contributed by atoms with E-state index in [9.17, 15) is 0 Å². The Morgan fingerprint density at radius 2 is 2.00 bits per heavy atom. The van der Waals surface area contributed by atoms with Crippen molar-refractivity contribution in [3.8, 4) is 0 Å². The number of hydrogen-bond donors (Lipinski definition) is 1. The van der Waals surface area contributed by atoms with Gasteiger partial charge in [-0.15, -0.1) is 6.58 Å². The molecule has 0 saturated carbocycles. The maximum Gasteiger partial charge on any atom is -0.00432 e. The average molecular weight is 217 g/mol. The Bertz CT molecular complexity index is 279. The lowest BCUT2D eigenvalue weighted by atomic mass is 9.98. The van der Waals surface area contributed by atoms with Crippen molar-refractivity contribution < 1.29 is 0 Å². The second-order valence-electron chi connectivity index (χ2n) is 4.28. The Hall–Kier alpha value is -1.08. The van der Waals surface area contributed by atoms with Gasteiger partial charge in [-0.05, 0) is 43.8 Å². The summed E-state index contributed by atoms with van der Waals surface area (Å²) < 4.78 is 0. The van der Waals surface area contributed by atoms with Crippen LogP contribution in [0.3, 0.4) is 0 Å². The van der Waals surface area contributed by atoms with Gasteiger partial charge < -0.3 is 5.32 Å². The van der Waals surface area contributed by atoms with Crippen LogP contribution in [0.15, 0.2) is 43.0 Å². The maximum atomic E-state index is 3.72. The topological polar surface area (TPSA) is 12.0 Å². The van der Waals surface area contributed by atoms with Gasteiger partial charge in [-0.1, -0.05) is 43.3 Å². The highest BCUT2D eigenvalue weighted by Gasteiger charge is 2.03. The van der Waals surface area contributed by atoms with Gasteiger partial charge in [0.1, 0.15) is 0 Å². The fourth-order valence-electron chi connectivity index (χ4n) is 1.76. The third-order valence-corrected chi connectivity index (χ3v) is 2.88. The van der Waals surface area contributed by atoms with Gasteiger partial charge >= 0.3 is 0 Å². The molecule has 1 nitrogen and oxygen atoms in total. The maximum absolute atomic E-state index is 3.72. The van der Waals surface area contributed by atoms with E-state index in [2.05, 4.69) is 49.2 Å². The molecule has 1 atom stereocenters. The minimum Gasteiger partial charge on any atom is -0.317 e. The molecule has 0 radical (unpaired) electrons. The highest BCUT2D eigenvalue weighted by Crippen LogP contribution is 2.17. The van der Waals surface area contributed by atoms with Crippen LogP contribution >= 0.6 is 0 Å². The largest absolute Gasteiger partial charge is 0.317 e. The summed E-state index contributed by atoms with van der Waals surface area (Å²) in [4.78, 5) is 0. The zero-order chi connectivity index (χ0) is 11.6. The van der Waals surface area contributed by atoms with E-state index < -0.39 is 0 Å². The molecule has 1 unspecified atom stereocenters. The highest BCUT2D eigenvalue weighted by atomic mass is 14.8. The van der Waals surface area contributed by atoms with Gasteiger partial charge in [0, 0.05) is 0 Å². The molecule has 0 aliphatic heterocycles. The standard InChI is InChI=1S/C15H23N/c1-3-4-8-12-16-13-11-14(2)15-9-6-5-7-10-15/h3,5-7,9-10,14,16H,1,4,8,11-13H2,2H3. The van der Waals surface area contributed by atoms with E-state index in [1.54, 1.807) is 0 Å². The zero-order valence-electron chi connectivity index (χ0n) is 10.3. The van der Waals surface area contributed by atoms with Gasteiger partial charge in [0.05, 0.1) is 0 Å². The fourth-order valence-corrected chi connectivity index (χ4v) is 1.76. The quantitative estimate of drug-likeness (QED) is 0.517. The van der Waals surface area contributed by atoms with E-state index in [0.29, 0.717) is 5.92 Å². The second kappa shape index (κ2) is 8.12. The molecular weight excluding hydrogens is 194 g/mol. The molecule has 16 heavy (non-hydrogen) atoms. The predicted molar refractivity (Wildman–Crippen MR) is 71.8 cm³/mol. The number of hydrogen-bond acceptors (Lipinski definition) is 1. The molecule has 1 rings (SSSR count). The van der Waals surface area contributed by atoms with Crippen molar-refractivity contribution in [1.82, 2.24) is 5.32 Å². The summed E-state index contributed by atoms with van der Waals surface area (Å²) in [6.45, 7) is 8.22. The number of benzene rings is 1. The normalized spacial score (nSPS) is 12.3. The van der Waals surface area contributed by atoms with E-state index >= 15 is 0 Å². The summed E-state index contributed by atoms with van der Waals surface area (Å²) in [7, 11) is 0. The summed E-state index contributed by atoms with van der Waals surface area (Å²) in [5, 5.41) is 3.47. The molecule has 0 saturated heterocycles. The van der Waals surface area contributed by atoms with Gasteiger partial charge in [0.15, 0.2) is 0 Å².